The SMILES string of the molecule is C#CCN(CC(=O)O)C(=O)Nc1ccccc1I. The third-order valence-corrected chi connectivity index (χ3v) is 2.95. The monoisotopic (exact) mass is 358 g/mol. The highest BCUT2D eigenvalue weighted by atomic mass is 127. The quantitative estimate of drug-likeness (QED) is 0.638. The van der Waals surface area contributed by atoms with Gasteiger partial charge in [0, 0.05) is 3.57 Å². The Morgan fingerprint density at radius 3 is 2.67 bits per heavy atom. The minimum absolute atomic E-state index is 0.0540. The number of rotatable bonds is 4. The van der Waals surface area contributed by atoms with E-state index in [1.54, 1.807) is 12.1 Å². The molecular weight excluding hydrogens is 347 g/mol. The molecule has 0 saturated heterocycles. The summed E-state index contributed by atoms with van der Waals surface area (Å²) >= 11 is 2.07. The molecule has 0 radical (unpaired) electrons. The number of halogens is 1. The number of hydrogen-bond acceptors (Lipinski definition) is 2. The van der Waals surface area contributed by atoms with E-state index in [1.165, 1.54) is 0 Å². The summed E-state index contributed by atoms with van der Waals surface area (Å²) in [6.07, 6.45) is 5.10. The fraction of sp³-hybridized carbons (Fsp3) is 0.167. The zero-order valence-corrected chi connectivity index (χ0v) is 11.5. The number of para-hydroxylation sites is 1. The van der Waals surface area contributed by atoms with Gasteiger partial charge in [0.05, 0.1) is 12.2 Å². The van der Waals surface area contributed by atoms with Crippen LogP contribution in [0.25, 0.3) is 0 Å². The van der Waals surface area contributed by atoms with Crippen LogP contribution in [0.1, 0.15) is 0 Å². The van der Waals surface area contributed by atoms with Crippen LogP contribution in [0.4, 0.5) is 10.5 Å². The molecule has 2 N–H and O–H groups in total. The van der Waals surface area contributed by atoms with E-state index in [0.717, 1.165) is 8.47 Å². The third kappa shape index (κ3) is 4.25. The largest absolute Gasteiger partial charge is 0.480 e. The van der Waals surface area contributed by atoms with Crippen LogP contribution in [-0.4, -0.2) is 35.1 Å². The van der Waals surface area contributed by atoms with Gasteiger partial charge in [-0.2, -0.15) is 0 Å². The molecule has 0 atom stereocenters. The Labute approximate surface area is 118 Å². The normalized spacial score (nSPS) is 9.33. The maximum absolute atomic E-state index is 11.8. The average molecular weight is 358 g/mol. The van der Waals surface area contributed by atoms with Gasteiger partial charge in [0.15, 0.2) is 0 Å². The average Bonchev–Trinajstić information content (AvgIpc) is 2.31. The molecule has 0 bridgehead atoms. The Hall–Kier alpha value is -1.75. The molecular formula is C12H11IN2O3. The molecule has 1 aromatic rings. The van der Waals surface area contributed by atoms with Gasteiger partial charge in [0.25, 0.3) is 0 Å². The molecule has 0 aromatic heterocycles. The molecule has 0 aliphatic rings. The fourth-order valence-corrected chi connectivity index (χ4v) is 1.75. The van der Waals surface area contributed by atoms with Crippen molar-refractivity contribution in [1.82, 2.24) is 4.90 Å². The predicted octanol–water partition coefficient (Wildman–Crippen LogP) is 1.84. The van der Waals surface area contributed by atoms with Crippen molar-refractivity contribution < 1.29 is 14.7 Å². The number of carbonyl (C=O) groups is 2. The lowest BCUT2D eigenvalue weighted by Gasteiger charge is -2.19. The first-order valence-corrected chi connectivity index (χ1v) is 6.08. The maximum Gasteiger partial charge on any atom is 0.323 e. The minimum Gasteiger partial charge on any atom is -0.480 e. The molecule has 18 heavy (non-hydrogen) atoms. The van der Waals surface area contributed by atoms with Gasteiger partial charge in [0.2, 0.25) is 0 Å². The van der Waals surface area contributed by atoms with Crippen molar-refractivity contribution in [3.63, 3.8) is 0 Å². The highest BCUT2D eigenvalue weighted by Gasteiger charge is 2.16. The van der Waals surface area contributed by atoms with E-state index in [4.69, 9.17) is 11.5 Å². The summed E-state index contributed by atoms with van der Waals surface area (Å²) in [6.45, 7) is -0.485. The third-order valence-electron chi connectivity index (χ3n) is 2.01. The van der Waals surface area contributed by atoms with Crippen LogP contribution in [-0.2, 0) is 4.79 Å². The molecule has 2 amide bonds. The van der Waals surface area contributed by atoms with Gasteiger partial charge in [0.1, 0.15) is 6.54 Å². The van der Waals surface area contributed by atoms with Crippen molar-refractivity contribution in [2.75, 3.05) is 18.4 Å². The lowest BCUT2D eigenvalue weighted by molar-refractivity contribution is -0.137. The van der Waals surface area contributed by atoms with Crippen molar-refractivity contribution in [3.05, 3.63) is 27.8 Å². The molecule has 94 valence electrons. The van der Waals surface area contributed by atoms with Gasteiger partial charge in [-0.25, -0.2) is 4.79 Å². The molecule has 0 spiro atoms. The Kier molecular flexibility index (Phi) is 5.45. The second-order valence-corrected chi connectivity index (χ2v) is 4.53. The Morgan fingerprint density at radius 1 is 1.44 bits per heavy atom. The Balaban J connectivity index is 2.76. The number of nitrogens with one attached hydrogen (secondary N) is 1. The molecule has 0 aliphatic carbocycles. The van der Waals surface area contributed by atoms with Crippen LogP contribution < -0.4 is 5.32 Å². The Morgan fingerprint density at radius 2 is 2.11 bits per heavy atom. The highest BCUT2D eigenvalue weighted by molar-refractivity contribution is 14.1. The lowest BCUT2D eigenvalue weighted by Crippen LogP contribution is -2.39. The van der Waals surface area contributed by atoms with Gasteiger partial charge < -0.3 is 15.3 Å². The molecule has 1 aromatic carbocycles. The van der Waals surface area contributed by atoms with Crippen LogP contribution in [0, 0.1) is 15.9 Å². The number of carbonyl (C=O) groups excluding carboxylic acids is 1. The van der Waals surface area contributed by atoms with Crippen LogP contribution in [0.5, 0.6) is 0 Å². The molecule has 0 unspecified atom stereocenters. The van der Waals surface area contributed by atoms with Crippen LogP contribution in [0.3, 0.4) is 0 Å². The standard InChI is InChI=1S/C12H11IN2O3/c1-2-7-15(8-11(16)17)12(18)14-10-6-4-3-5-9(10)13/h1,3-6H,7-8H2,(H,14,18)(H,16,17). The summed E-state index contributed by atoms with van der Waals surface area (Å²) in [7, 11) is 0. The summed E-state index contributed by atoms with van der Waals surface area (Å²) in [5, 5.41) is 11.3. The topological polar surface area (TPSA) is 69.6 Å². The molecule has 0 aliphatic heterocycles. The molecule has 0 saturated carbocycles. The van der Waals surface area contributed by atoms with Gasteiger partial charge >= 0.3 is 12.0 Å². The van der Waals surface area contributed by atoms with E-state index >= 15 is 0 Å². The minimum atomic E-state index is -1.11. The van der Waals surface area contributed by atoms with E-state index < -0.39 is 18.5 Å². The molecule has 0 heterocycles. The van der Waals surface area contributed by atoms with Crippen LogP contribution in [0.15, 0.2) is 24.3 Å². The highest BCUT2D eigenvalue weighted by Crippen LogP contribution is 2.17. The van der Waals surface area contributed by atoms with Crippen molar-refractivity contribution in [2.45, 2.75) is 0 Å². The van der Waals surface area contributed by atoms with Crippen molar-refractivity contribution in [2.24, 2.45) is 0 Å². The van der Waals surface area contributed by atoms with Crippen molar-refractivity contribution in [1.29, 1.82) is 0 Å². The summed E-state index contributed by atoms with van der Waals surface area (Å²) in [5.41, 5.74) is 0.621. The predicted molar refractivity (Wildman–Crippen MR) is 76.2 cm³/mol. The first-order valence-electron chi connectivity index (χ1n) is 5.00. The van der Waals surface area contributed by atoms with Crippen LogP contribution in [0.2, 0.25) is 0 Å². The van der Waals surface area contributed by atoms with Crippen LogP contribution >= 0.6 is 22.6 Å². The van der Waals surface area contributed by atoms with E-state index in [0.29, 0.717) is 5.69 Å². The zero-order valence-electron chi connectivity index (χ0n) is 9.39. The Bertz CT molecular complexity index is 496. The van der Waals surface area contributed by atoms with E-state index in [2.05, 4.69) is 33.8 Å². The number of amides is 2. The smallest absolute Gasteiger partial charge is 0.323 e. The number of benzene rings is 1. The van der Waals surface area contributed by atoms with E-state index in [1.807, 2.05) is 12.1 Å². The second-order valence-electron chi connectivity index (χ2n) is 3.36. The molecule has 5 nitrogen and oxygen atoms in total. The molecule has 6 heteroatoms. The molecule has 0 fully saturated rings. The van der Waals surface area contributed by atoms with Gasteiger partial charge in [-0.15, -0.1) is 6.42 Å². The maximum atomic E-state index is 11.8. The number of aliphatic carboxylic acids is 1. The number of terminal acetylenes is 1. The van der Waals surface area contributed by atoms with Gasteiger partial charge in [-0.3, -0.25) is 4.79 Å². The lowest BCUT2D eigenvalue weighted by atomic mass is 10.3. The summed E-state index contributed by atoms with van der Waals surface area (Å²) in [5.74, 6) is 1.15. The summed E-state index contributed by atoms with van der Waals surface area (Å²) in [4.78, 5) is 23.5. The summed E-state index contributed by atoms with van der Waals surface area (Å²) < 4.78 is 0.861. The van der Waals surface area contributed by atoms with Crippen molar-refractivity contribution >= 4 is 40.3 Å². The van der Waals surface area contributed by atoms with Crippen molar-refractivity contribution in [3.8, 4) is 12.3 Å². The van der Waals surface area contributed by atoms with E-state index in [-0.39, 0.29) is 6.54 Å². The summed E-state index contributed by atoms with van der Waals surface area (Å²) in [6, 6.07) is 6.65. The first kappa shape index (κ1) is 14.3. The van der Waals surface area contributed by atoms with E-state index in [9.17, 15) is 9.59 Å². The number of anilines is 1. The molecule has 1 rings (SSSR count). The number of urea groups is 1. The number of carboxylic acid groups (broad SMARTS) is 1. The fourth-order valence-electron chi connectivity index (χ4n) is 1.23. The van der Waals surface area contributed by atoms with Gasteiger partial charge in [-0.05, 0) is 34.7 Å². The zero-order chi connectivity index (χ0) is 13.5. The number of nitrogens with zero attached hydrogens (tertiary/aromatic N) is 1. The number of carboxylic acids is 1. The van der Waals surface area contributed by atoms with Gasteiger partial charge in [-0.1, -0.05) is 18.1 Å². The first-order chi connectivity index (χ1) is 8.54. The number of hydrogen-bond donors (Lipinski definition) is 2. The second kappa shape index (κ2) is 6.86.